The van der Waals surface area contributed by atoms with E-state index in [4.69, 9.17) is 0 Å². The molecule has 1 heterocycles. The first-order chi connectivity index (χ1) is 8.36. The van der Waals surface area contributed by atoms with Crippen molar-refractivity contribution in [1.82, 2.24) is 5.32 Å². The largest absolute Gasteiger partial charge is 0.348 e. The quantitative estimate of drug-likeness (QED) is 0.867. The van der Waals surface area contributed by atoms with Crippen molar-refractivity contribution in [2.75, 3.05) is 0 Å². The van der Waals surface area contributed by atoms with Gasteiger partial charge in [0.2, 0.25) is 0 Å². The highest BCUT2D eigenvalue weighted by molar-refractivity contribution is 6.46. The Hall–Kier alpha value is -1.97. The van der Waals surface area contributed by atoms with Crippen molar-refractivity contribution >= 4 is 17.6 Å². The molecule has 0 saturated heterocycles. The molecule has 1 N–H and O–H groups in total. The third-order valence-corrected chi connectivity index (χ3v) is 2.91. The average Bonchev–Trinajstić information content (AvgIpc) is 2.57. The summed E-state index contributed by atoms with van der Waals surface area (Å²) < 4.78 is 0. The van der Waals surface area contributed by atoms with E-state index in [1.54, 1.807) is 0 Å². The molecule has 1 aliphatic heterocycles. The molecule has 0 atom stereocenters. The molecule has 0 spiro atoms. The molecule has 2 rings (SSSR count). The number of hydrogen-bond acceptors (Lipinski definition) is 2. The molecule has 94 valence electrons. The van der Waals surface area contributed by atoms with E-state index in [9.17, 15) is 9.59 Å². The number of urea groups is 1. The summed E-state index contributed by atoms with van der Waals surface area (Å²) in [6, 6.07) is 7.47. The number of benzene rings is 1. The summed E-state index contributed by atoms with van der Waals surface area (Å²) >= 11 is 0. The van der Waals surface area contributed by atoms with Crippen molar-refractivity contribution in [2.24, 2.45) is 4.99 Å². The van der Waals surface area contributed by atoms with Gasteiger partial charge in [0.15, 0.2) is 0 Å². The number of nitrogens with zero attached hydrogens (tertiary/aromatic N) is 1. The molecule has 18 heavy (non-hydrogen) atoms. The summed E-state index contributed by atoms with van der Waals surface area (Å²) in [5, 5.41) is 2.14. The minimum absolute atomic E-state index is 0.108. The Labute approximate surface area is 106 Å². The Kier molecular flexibility index (Phi) is 3.03. The third kappa shape index (κ3) is 2.64. The van der Waals surface area contributed by atoms with Crippen LogP contribution in [-0.2, 0) is 16.6 Å². The van der Waals surface area contributed by atoms with Crippen molar-refractivity contribution in [1.29, 1.82) is 0 Å². The van der Waals surface area contributed by atoms with Crippen LogP contribution in [0.3, 0.4) is 0 Å². The van der Waals surface area contributed by atoms with Crippen LogP contribution in [0.25, 0.3) is 0 Å². The number of amides is 3. The molecule has 0 bridgehead atoms. The first-order valence-electron chi connectivity index (χ1n) is 5.88. The Morgan fingerprint density at radius 3 is 2.17 bits per heavy atom. The maximum atomic E-state index is 11.4. The Morgan fingerprint density at radius 2 is 1.72 bits per heavy atom. The highest BCUT2D eigenvalue weighted by atomic mass is 16.2. The summed E-state index contributed by atoms with van der Waals surface area (Å²) in [5.74, 6) is -0.389. The lowest BCUT2D eigenvalue weighted by molar-refractivity contribution is -0.113. The number of rotatable bonds is 2. The molecule has 0 unspecified atom stereocenters. The van der Waals surface area contributed by atoms with Gasteiger partial charge in [0, 0.05) is 6.42 Å². The fourth-order valence-electron chi connectivity index (χ4n) is 1.81. The van der Waals surface area contributed by atoms with Gasteiger partial charge in [0.05, 0.1) is 0 Å². The predicted octanol–water partition coefficient (Wildman–Crippen LogP) is 2.22. The lowest BCUT2D eigenvalue weighted by Crippen LogP contribution is -2.26. The van der Waals surface area contributed by atoms with E-state index in [1.165, 1.54) is 5.56 Å². The number of carbonyl (C=O) groups excluding carboxylic acids is 2. The topological polar surface area (TPSA) is 58.5 Å². The lowest BCUT2D eigenvalue weighted by atomic mass is 9.86. The van der Waals surface area contributed by atoms with Crippen LogP contribution in [0.1, 0.15) is 31.9 Å². The van der Waals surface area contributed by atoms with Gasteiger partial charge in [-0.3, -0.25) is 10.1 Å². The van der Waals surface area contributed by atoms with Crippen LogP contribution in [0.15, 0.2) is 29.3 Å². The van der Waals surface area contributed by atoms with Crippen molar-refractivity contribution in [3.63, 3.8) is 0 Å². The van der Waals surface area contributed by atoms with Crippen LogP contribution in [-0.4, -0.2) is 17.6 Å². The number of nitrogens with one attached hydrogen (secondary N) is 1. The molecule has 0 aliphatic carbocycles. The van der Waals surface area contributed by atoms with Crippen molar-refractivity contribution in [2.45, 2.75) is 32.6 Å². The maximum absolute atomic E-state index is 11.4. The monoisotopic (exact) mass is 244 g/mol. The van der Waals surface area contributed by atoms with Gasteiger partial charge in [-0.2, -0.15) is 4.99 Å². The fraction of sp³-hybridized carbons (Fsp3) is 0.357. The van der Waals surface area contributed by atoms with Crippen LogP contribution in [0, 0.1) is 0 Å². The van der Waals surface area contributed by atoms with Gasteiger partial charge in [0.25, 0.3) is 5.91 Å². The minimum Gasteiger partial charge on any atom is -0.271 e. The average molecular weight is 244 g/mol. The third-order valence-electron chi connectivity index (χ3n) is 2.91. The van der Waals surface area contributed by atoms with Crippen molar-refractivity contribution in [3.8, 4) is 0 Å². The zero-order valence-corrected chi connectivity index (χ0v) is 10.8. The normalized spacial score (nSPS) is 15.6. The zero-order valence-electron chi connectivity index (χ0n) is 10.8. The molecule has 1 aliphatic rings. The molecule has 0 aromatic heterocycles. The van der Waals surface area contributed by atoms with Crippen LogP contribution in [0.4, 0.5) is 4.79 Å². The van der Waals surface area contributed by atoms with Crippen molar-refractivity contribution < 1.29 is 9.59 Å². The van der Waals surface area contributed by atoms with Crippen LogP contribution in [0.5, 0.6) is 0 Å². The number of carbonyl (C=O) groups is 2. The van der Waals surface area contributed by atoms with E-state index >= 15 is 0 Å². The molecule has 4 heteroatoms. The molecular weight excluding hydrogens is 228 g/mol. The Balaban J connectivity index is 2.14. The molecule has 3 amide bonds. The summed E-state index contributed by atoms with van der Waals surface area (Å²) in [6.45, 7) is 6.44. The van der Waals surface area contributed by atoms with Crippen LogP contribution >= 0.6 is 0 Å². The van der Waals surface area contributed by atoms with Gasteiger partial charge in [-0.25, -0.2) is 4.79 Å². The molecule has 1 aromatic rings. The van der Waals surface area contributed by atoms with E-state index in [0.717, 1.165) is 5.56 Å². The SMILES string of the molecule is CC(C)(C)c1ccc(CC2=NC(=O)NC2=O)cc1. The first-order valence-corrected chi connectivity index (χ1v) is 5.88. The highest BCUT2D eigenvalue weighted by Crippen LogP contribution is 2.22. The Morgan fingerprint density at radius 1 is 1.11 bits per heavy atom. The van der Waals surface area contributed by atoms with Gasteiger partial charge in [-0.15, -0.1) is 0 Å². The van der Waals surface area contributed by atoms with E-state index in [1.807, 2.05) is 24.3 Å². The molecule has 1 aromatic carbocycles. The molecule has 0 radical (unpaired) electrons. The van der Waals surface area contributed by atoms with E-state index in [2.05, 4.69) is 31.1 Å². The van der Waals surface area contributed by atoms with Gasteiger partial charge in [0.1, 0.15) is 5.71 Å². The second-order valence-corrected chi connectivity index (χ2v) is 5.44. The highest BCUT2D eigenvalue weighted by Gasteiger charge is 2.22. The minimum atomic E-state index is -0.568. The summed E-state index contributed by atoms with van der Waals surface area (Å²) in [4.78, 5) is 25.9. The number of hydrogen-bond donors (Lipinski definition) is 1. The van der Waals surface area contributed by atoms with Crippen LogP contribution in [0.2, 0.25) is 0 Å². The standard InChI is InChI=1S/C14H16N2O2/c1-14(2,3)10-6-4-9(5-7-10)8-11-12(17)16-13(18)15-11/h4-7H,8H2,1-3H3,(H,16,17,18). The zero-order chi connectivity index (χ0) is 13.3. The summed E-state index contributed by atoms with van der Waals surface area (Å²) in [7, 11) is 0. The van der Waals surface area contributed by atoms with E-state index in [-0.39, 0.29) is 17.0 Å². The number of imide groups is 1. The lowest BCUT2D eigenvalue weighted by Gasteiger charge is -2.19. The first kappa shape index (κ1) is 12.5. The predicted molar refractivity (Wildman–Crippen MR) is 69.8 cm³/mol. The summed E-state index contributed by atoms with van der Waals surface area (Å²) in [5.41, 5.74) is 2.60. The van der Waals surface area contributed by atoms with Gasteiger partial charge < -0.3 is 0 Å². The number of aliphatic imine (C=N–C) groups is 1. The molecule has 0 fully saturated rings. The maximum Gasteiger partial charge on any atom is 0.348 e. The van der Waals surface area contributed by atoms with Crippen molar-refractivity contribution in [3.05, 3.63) is 35.4 Å². The Bertz CT molecular complexity index is 522. The van der Waals surface area contributed by atoms with Gasteiger partial charge in [-0.1, -0.05) is 45.0 Å². The summed E-state index contributed by atoms with van der Waals surface area (Å²) in [6.07, 6.45) is 0.391. The van der Waals surface area contributed by atoms with Crippen LogP contribution < -0.4 is 5.32 Å². The second kappa shape index (κ2) is 4.37. The van der Waals surface area contributed by atoms with Gasteiger partial charge >= 0.3 is 6.03 Å². The van der Waals surface area contributed by atoms with E-state index < -0.39 is 6.03 Å². The molecule has 4 nitrogen and oxygen atoms in total. The van der Waals surface area contributed by atoms with Gasteiger partial charge in [-0.05, 0) is 16.5 Å². The van der Waals surface area contributed by atoms with E-state index in [0.29, 0.717) is 6.42 Å². The second-order valence-electron chi connectivity index (χ2n) is 5.44. The fourth-order valence-corrected chi connectivity index (χ4v) is 1.81. The molecular formula is C14H16N2O2. The molecule has 0 saturated carbocycles. The smallest absolute Gasteiger partial charge is 0.271 e.